The number of ether oxygens (including phenoxy) is 1. The van der Waals surface area contributed by atoms with E-state index in [2.05, 4.69) is 37.9 Å². The van der Waals surface area contributed by atoms with E-state index >= 15 is 0 Å². The Morgan fingerprint density at radius 2 is 2.20 bits per heavy atom. The molecule has 0 aliphatic carbocycles. The molecule has 1 atom stereocenters. The van der Waals surface area contributed by atoms with Gasteiger partial charge in [0, 0.05) is 26.2 Å². The Bertz CT molecular complexity index is 182. The van der Waals surface area contributed by atoms with E-state index in [1.165, 1.54) is 0 Å². The molecule has 3 heteroatoms. The molecule has 1 aliphatic rings. The highest BCUT2D eigenvalue weighted by atomic mass is 16.5. The van der Waals surface area contributed by atoms with Crippen LogP contribution in [0.1, 0.15) is 27.7 Å². The second-order valence-electron chi connectivity index (χ2n) is 5.36. The number of nitrogens with one attached hydrogen (secondary N) is 1. The standard InChI is InChI=1S/C12H26N2O/c1-5-13-9-12(3,4)10-14-6-7-15-11(2)8-14/h11,13H,5-10H2,1-4H3. The molecule has 0 amide bonds. The molecule has 0 aromatic heterocycles. The minimum atomic E-state index is 0.354. The van der Waals surface area contributed by atoms with Crippen molar-refractivity contribution in [2.24, 2.45) is 5.41 Å². The first-order valence-corrected chi connectivity index (χ1v) is 6.08. The highest BCUT2D eigenvalue weighted by Crippen LogP contribution is 2.17. The van der Waals surface area contributed by atoms with Gasteiger partial charge in [0.1, 0.15) is 0 Å². The van der Waals surface area contributed by atoms with Gasteiger partial charge in [-0.1, -0.05) is 20.8 Å². The van der Waals surface area contributed by atoms with Gasteiger partial charge in [-0.3, -0.25) is 4.90 Å². The van der Waals surface area contributed by atoms with Crippen molar-refractivity contribution >= 4 is 0 Å². The molecule has 1 fully saturated rings. The number of nitrogens with zero attached hydrogens (tertiary/aromatic N) is 1. The maximum absolute atomic E-state index is 5.55. The van der Waals surface area contributed by atoms with Gasteiger partial charge in [0.05, 0.1) is 12.7 Å². The van der Waals surface area contributed by atoms with Crippen LogP contribution in [0.25, 0.3) is 0 Å². The highest BCUT2D eigenvalue weighted by Gasteiger charge is 2.24. The Balaban J connectivity index is 2.31. The molecule has 1 unspecified atom stereocenters. The topological polar surface area (TPSA) is 24.5 Å². The molecule has 0 spiro atoms. The van der Waals surface area contributed by atoms with E-state index in [-0.39, 0.29) is 0 Å². The van der Waals surface area contributed by atoms with Crippen molar-refractivity contribution < 1.29 is 4.74 Å². The summed E-state index contributed by atoms with van der Waals surface area (Å²) in [4.78, 5) is 2.52. The first-order chi connectivity index (χ1) is 7.03. The fourth-order valence-corrected chi connectivity index (χ4v) is 2.16. The molecule has 90 valence electrons. The summed E-state index contributed by atoms with van der Waals surface area (Å²) in [5.74, 6) is 0. The summed E-state index contributed by atoms with van der Waals surface area (Å²) < 4.78 is 5.55. The van der Waals surface area contributed by atoms with Gasteiger partial charge in [-0.15, -0.1) is 0 Å². The maximum Gasteiger partial charge on any atom is 0.0674 e. The molecule has 0 radical (unpaired) electrons. The normalized spacial score (nSPS) is 24.4. The number of hydrogen-bond acceptors (Lipinski definition) is 3. The minimum Gasteiger partial charge on any atom is -0.376 e. The predicted octanol–water partition coefficient (Wildman–Crippen LogP) is 1.34. The summed E-state index contributed by atoms with van der Waals surface area (Å²) in [5.41, 5.74) is 0.354. The Labute approximate surface area is 94.2 Å². The summed E-state index contributed by atoms with van der Waals surface area (Å²) in [5, 5.41) is 3.43. The molecule has 1 rings (SSSR count). The van der Waals surface area contributed by atoms with Crippen LogP contribution in [0.5, 0.6) is 0 Å². The molecule has 0 saturated carbocycles. The Morgan fingerprint density at radius 3 is 2.80 bits per heavy atom. The molecule has 1 N–H and O–H groups in total. The van der Waals surface area contributed by atoms with Gasteiger partial charge < -0.3 is 10.1 Å². The number of morpholine rings is 1. The first-order valence-electron chi connectivity index (χ1n) is 6.08. The fraction of sp³-hybridized carbons (Fsp3) is 1.00. The van der Waals surface area contributed by atoms with Crippen molar-refractivity contribution in [1.29, 1.82) is 0 Å². The van der Waals surface area contributed by atoms with Gasteiger partial charge in [-0.05, 0) is 18.9 Å². The summed E-state index contributed by atoms with van der Waals surface area (Å²) in [7, 11) is 0. The van der Waals surface area contributed by atoms with Crippen molar-refractivity contribution in [2.45, 2.75) is 33.8 Å². The lowest BCUT2D eigenvalue weighted by atomic mass is 9.92. The lowest BCUT2D eigenvalue weighted by Gasteiger charge is -2.37. The van der Waals surface area contributed by atoms with Crippen molar-refractivity contribution in [3.8, 4) is 0 Å². The monoisotopic (exact) mass is 214 g/mol. The zero-order chi connectivity index (χ0) is 11.3. The smallest absolute Gasteiger partial charge is 0.0674 e. The Morgan fingerprint density at radius 1 is 1.47 bits per heavy atom. The zero-order valence-electron chi connectivity index (χ0n) is 10.7. The molecule has 1 saturated heterocycles. The van der Waals surface area contributed by atoms with E-state index in [0.717, 1.165) is 39.3 Å². The predicted molar refractivity (Wildman–Crippen MR) is 64.2 cm³/mol. The molecular formula is C12H26N2O. The molecule has 0 bridgehead atoms. The van der Waals surface area contributed by atoms with Crippen LogP contribution >= 0.6 is 0 Å². The minimum absolute atomic E-state index is 0.354. The Kier molecular flexibility index (Phi) is 5.03. The second kappa shape index (κ2) is 5.83. The third-order valence-electron chi connectivity index (χ3n) is 2.83. The average Bonchev–Trinajstić information content (AvgIpc) is 2.14. The van der Waals surface area contributed by atoms with Crippen LogP contribution in [0.3, 0.4) is 0 Å². The lowest BCUT2D eigenvalue weighted by Crippen LogP contribution is -2.47. The van der Waals surface area contributed by atoms with Gasteiger partial charge in [-0.25, -0.2) is 0 Å². The van der Waals surface area contributed by atoms with Gasteiger partial charge in [-0.2, -0.15) is 0 Å². The second-order valence-corrected chi connectivity index (χ2v) is 5.36. The fourth-order valence-electron chi connectivity index (χ4n) is 2.16. The average molecular weight is 214 g/mol. The van der Waals surface area contributed by atoms with Gasteiger partial charge in [0.2, 0.25) is 0 Å². The molecule has 15 heavy (non-hydrogen) atoms. The number of hydrogen-bond donors (Lipinski definition) is 1. The van der Waals surface area contributed by atoms with E-state index in [1.807, 2.05) is 0 Å². The third-order valence-corrected chi connectivity index (χ3v) is 2.83. The van der Waals surface area contributed by atoms with E-state index < -0.39 is 0 Å². The molecule has 1 heterocycles. The molecular weight excluding hydrogens is 188 g/mol. The lowest BCUT2D eigenvalue weighted by molar-refractivity contribution is -0.0289. The van der Waals surface area contributed by atoms with E-state index in [4.69, 9.17) is 4.74 Å². The van der Waals surface area contributed by atoms with E-state index in [9.17, 15) is 0 Å². The van der Waals surface area contributed by atoms with E-state index in [1.54, 1.807) is 0 Å². The van der Waals surface area contributed by atoms with Gasteiger partial charge >= 0.3 is 0 Å². The largest absolute Gasteiger partial charge is 0.376 e. The van der Waals surface area contributed by atoms with Crippen molar-refractivity contribution in [3.05, 3.63) is 0 Å². The van der Waals surface area contributed by atoms with Crippen LogP contribution in [0.15, 0.2) is 0 Å². The maximum atomic E-state index is 5.55. The van der Waals surface area contributed by atoms with E-state index in [0.29, 0.717) is 11.5 Å². The number of rotatable bonds is 5. The molecule has 0 aromatic rings. The summed E-state index contributed by atoms with van der Waals surface area (Å²) in [6, 6.07) is 0. The van der Waals surface area contributed by atoms with Crippen molar-refractivity contribution in [2.75, 3.05) is 39.3 Å². The van der Waals surface area contributed by atoms with Crippen LogP contribution in [-0.2, 0) is 4.74 Å². The van der Waals surface area contributed by atoms with Gasteiger partial charge in [0.15, 0.2) is 0 Å². The summed E-state index contributed by atoms with van der Waals surface area (Å²) >= 11 is 0. The van der Waals surface area contributed by atoms with Crippen LogP contribution in [0.2, 0.25) is 0 Å². The SMILES string of the molecule is CCNCC(C)(C)CN1CCOC(C)C1. The third kappa shape index (κ3) is 4.96. The molecule has 0 aromatic carbocycles. The zero-order valence-corrected chi connectivity index (χ0v) is 10.7. The van der Waals surface area contributed by atoms with Crippen molar-refractivity contribution in [3.63, 3.8) is 0 Å². The van der Waals surface area contributed by atoms with Crippen LogP contribution in [-0.4, -0.2) is 50.3 Å². The van der Waals surface area contributed by atoms with Crippen molar-refractivity contribution in [1.82, 2.24) is 10.2 Å². The molecule has 3 nitrogen and oxygen atoms in total. The van der Waals surface area contributed by atoms with Crippen LogP contribution in [0.4, 0.5) is 0 Å². The quantitative estimate of drug-likeness (QED) is 0.747. The highest BCUT2D eigenvalue weighted by molar-refractivity contribution is 4.78. The van der Waals surface area contributed by atoms with Crippen LogP contribution < -0.4 is 5.32 Å². The van der Waals surface area contributed by atoms with Crippen LogP contribution in [0, 0.1) is 5.41 Å². The summed E-state index contributed by atoms with van der Waals surface area (Å²) in [6.45, 7) is 15.3. The molecule has 1 aliphatic heterocycles. The summed E-state index contributed by atoms with van der Waals surface area (Å²) in [6.07, 6.45) is 0.397. The Hall–Kier alpha value is -0.120. The van der Waals surface area contributed by atoms with Gasteiger partial charge in [0.25, 0.3) is 0 Å². The first kappa shape index (κ1) is 12.9.